The van der Waals surface area contributed by atoms with E-state index in [1.807, 2.05) is 26.2 Å². The summed E-state index contributed by atoms with van der Waals surface area (Å²) in [4.78, 5) is 19.9. The highest BCUT2D eigenvalue weighted by Gasteiger charge is 1.99. The molecular formula is C16H22N4O2. The second-order valence-electron chi connectivity index (χ2n) is 5.30. The van der Waals surface area contributed by atoms with Crippen molar-refractivity contribution in [1.29, 1.82) is 0 Å². The molecule has 1 heterocycles. The summed E-state index contributed by atoms with van der Waals surface area (Å²) in [6, 6.07) is 9.50. The molecule has 0 aliphatic carbocycles. The second kappa shape index (κ2) is 8.19. The lowest BCUT2D eigenvalue weighted by Gasteiger charge is -2.12. The molecule has 118 valence electrons. The largest absolute Gasteiger partial charge is 0.494 e. The van der Waals surface area contributed by atoms with E-state index in [-0.39, 0.29) is 5.56 Å². The van der Waals surface area contributed by atoms with Crippen molar-refractivity contribution in [2.24, 2.45) is 0 Å². The molecule has 0 unspecified atom stereocenters. The third-order valence-corrected chi connectivity index (χ3v) is 2.95. The van der Waals surface area contributed by atoms with Crippen molar-refractivity contribution in [3.05, 3.63) is 52.4 Å². The lowest BCUT2D eigenvalue weighted by molar-refractivity contribution is 0.313. The molecule has 0 aliphatic rings. The number of H-pyrrole nitrogens is 1. The fraction of sp³-hybridized carbons (Fsp3) is 0.375. The van der Waals surface area contributed by atoms with Crippen LogP contribution in [0.3, 0.4) is 0 Å². The number of benzene rings is 1. The molecule has 6 nitrogen and oxygen atoms in total. The highest BCUT2D eigenvalue weighted by molar-refractivity contribution is 5.28. The van der Waals surface area contributed by atoms with Crippen molar-refractivity contribution in [3.63, 3.8) is 0 Å². The topological polar surface area (TPSA) is 70.2 Å². The smallest absolute Gasteiger partial charge is 0.252 e. The van der Waals surface area contributed by atoms with E-state index >= 15 is 0 Å². The third kappa shape index (κ3) is 5.57. The number of hydrogen-bond acceptors (Lipinski definition) is 5. The fourth-order valence-corrected chi connectivity index (χ4v) is 2.03. The minimum Gasteiger partial charge on any atom is -0.494 e. The van der Waals surface area contributed by atoms with Gasteiger partial charge in [-0.1, -0.05) is 12.1 Å². The highest BCUT2D eigenvalue weighted by atomic mass is 16.5. The first-order valence-corrected chi connectivity index (χ1v) is 7.29. The fourth-order valence-electron chi connectivity index (χ4n) is 2.03. The molecule has 0 saturated heterocycles. The minimum absolute atomic E-state index is 0.161. The van der Waals surface area contributed by atoms with Crippen molar-refractivity contribution in [2.75, 3.05) is 32.6 Å². The maximum absolute atomic E-state index is 11.1. The number of anilines is 1. The molecule has 1 aromatic heterocycles. The van der Waals surface area contributed by atoms with Crippen LogP contribution in [0.15, 0.2) is 41.3 Å². The molecule has 22 heavy (non-hydrogen) atoms. The lowest BCUT2D eigenvalue weighted by Crippen LogP contribution is -2.13. The van der Waals surface area contributed by atoms with E-state index in [1.54, 1.807) is 0 Å². The molecule has 2 rings (SSSR count). The van der Waals surface area contributed by atoms with Crippen LogP contribution in [0.4, 0.5) is 5.95 Å². The molecule has 0 atom stereocenters. The Hall–Kier alpha value is -2.34. The van der Waals surface area contributed by atoms with Crippen LogP contribution >= 0.6 is 0 Å². The molecule has 0 radical (unpaired) electrons. The first-order chi connectivity index (χ1) is 10.6. The molecule has 0 fully saturated rings. The van der Waals surface area contributed by atoms with Crippen molar-refractivity contribution in [2.45, 2.75) is 13.0 Å². The number of ether oxygens (including phenoxy) is 1. The van der Waals surface area contributed by atoms with Crippen molar-refractivity contribution in [1.82, 2.24) is 14.9 Å². The van der Waals surface area contributed by atoms with Crippen LogP contribution < -0.4 is 15.6 Å². The molecule has 0 amide bonds. The van der Waals surface area contributed by atoms with Crippen molar-refractivity contribution < 1.29 is 4.74 Å². The van der Waals surface area contributed by atoms with E-state index in [0.717, 1.165) is 18.7 Å². The first-order valence-electron chi connectivity index (χ1n) is 7.29. The molecule has 0 spiro atoms. The number of rotatable bonds is 8. The van der Waals surface area contributed by atoms with Crippen LogP contribution in [0.25, 0.3) is 0 Å². The maximum Gasteiger partial charge on any atom is 0.252 e. The maximum atomic E-state index is 11.1. The predicted molar refractivity (Wildman–Crippen MR) is 87.3 cm³/mol. The summed E-state index contributed by atoms with van der Waals surface area (Å²) in [5.74, 6) is 1.37. The van der Waals surface area contributed by atoms with Gasteiger partial charge in [-0.2, -0.15) is 0 Å². The second-order valence-corrected chi connectivity index (χ2v) is 5.30. The van der Waals surface area contributed by atoms with Crippen LogP contribution in [-0.4, -0.2) is 42.1 Å². The van der Waals surface area contributed by atoms with Crippen LogP contribution in [0.2, 0.25) is 0 Å². The Morgan fingerprint density at radius 1 is 1.32 bits per heavy atom. The van der Waals surface area contributed by atoms with Crippen LogP contribution in [0.5, 0.6) is 5.75 Å². The number of aromatic nitrogens is 2. The SMILES string of the molecule is CN(C)Cc1cccc(OCCCNc2nccc(=O)[nH]2)c1. The Kier molecular flexibility index (Phi) is 5.97. The normalized spacial score (nSPS) is 10.7. The predicted octanol–water partition coefficient (Wildman–Crippen LogP) is 1.71. The van der Waals surface area contributed by atoms with Crippen LogP contribution in [0, 0.1) is 0 Å². The molecule has 6 heteroatoms. The molecule has 0 aliphatic heterocycles. The van der Waals surface area contributed by atoms with Gasteiger partial charge in [0, 0.05) is 25.4 Å². The van der Waals surface area contributed by atoms with E-state index in [0.29, 0.717) is 19.1 Å². The van der Waals surface area contributed by atoms with E-state index in [2.05, 4.69) is 32.3 Å². The minimum atomic E-state index is -0.161. The van der Waals surface area contributed by atoms with Gasteiger partial charge in [0.25, 0.3) is 5.56 Å². The zero-order chi connectivity index (χ0) is 15.8. The summed E-state index contributed by atoms with van der Waals surface area (Å²) in [6.07, 6.45) is 2.30. The average molecular weight is 302 g/mol. The zero-order valence-electron chi connectivity index (χ0n) is 13.0. The van der Waals surface area contributed by atoms with Gasteiger partial charge < -0.3 is 15.0 Å². The number of aromatic amines is 1. The molecule has 2 aromatic rings. The average Bonchev–Trinajstić information content (AvgIpc) is 2.47. The molecule has 1 aromatic carbocycles. The van der Waals surface area contributed by atoms with Gasteiger partial charge in [0.2, 0.25) is 5.95 Å². The first kappa shape index (κ1) is 16.0. The number of nitrogens with one attached hydrogen (secondary N) is 2. The molecule has 0 saturated carbocycles. The quantitative estimate of drug-likeness (QED) is 0.727. The van der Waals surface area contributed by atoms with Crippen molar-refractivity contribution in [3.8, 4) is 5.75 Å². The lowest BCUT2D eigenvalue weighted by atomic mass is 10.2. The Morgan fingerprint density at radius 3 is 2.95 bits per heavy atom. The van der Waals surface area contributed by atoms with Gasteiger partial charge in [0.1, 0.15) is 5.75 Å². The van der Waals surface area contributed by atoms with Gasteiger partial charge in [-0.3, -0.25) is 9.78 Å². The Balaban J connectivity index is 1.71. The van der Waals surface area contributed by atoms with E-state index in [9.17, 15) is 4.79 Å². The Bertz CT molecular complexity index is 640. The van der Waals surface area contributed by atoms with Gasteiger partial charge in [-0.15, -0.1) is 0 Å². The van der Waals surface area contributed by atoms with Gasteiger partial charge in [-0.05, 0) is 38.2 Å². The van der Waals surface area contributed by atoms with E-state index in [1.165, 1.54) is 17.8 Å². The molecule has 2 N–H and O–H groups in total. The van der Waals surface area contributed by atoms with Crippen LogP contribution in [-0.2, 0) is 6.54 Å². The van der Waals surface area contributed by atoms with Gasteiger partial charge >= 0.3 is 0 Å². The van der Waals surface area contributed by atoms with Crippen molar-refractivity contribution >= 4 is 5.95 Å². The summed E-state index contributed by atoms with van der Waals surface area (Å²) in [5, 5.41) is 3.06. The molecular weight excluding hydrogens is 280 g/mol. The van der Waals surface area contributed by atoms with Crippen LogP contribution in [0.1, 0.15) is 12.0 Å². The summed E-state index contributed by atoms with van der Waals surface area (Å²) >= 11 is 0. The number of nitrogens with zero attached hydrogens (tertiary/aromatic N) is 2. The monoisotopic (exact) mass is 302 g/mol. The third-order valence-electron chi connectivity index (χ3n) is 2.95. The Labute approximate surface area is 130 Å². The molecule has 0 bridgehead atoms. The summed E-state index contributed by atoms with van der Waals surface area (Å²) in [5.41, 5.74) is 1.07. The highest BCUT2D eigenvalue weighted by Crippen LogP contribution is 2.14. The summed E-state index contributed by atoms with van der Waals surface area (Å²) in [6.45, 7) is 2.19. The van der Waals surface area contributed by atoms with Gasteiger partial charge in [-0.25, -0.2) is 4.98 Å². The zero-order valence-corrected chi connectivity index (χ0v) is 13.0. The van der Waals surface area contributed by atoms with E-state index in [4.69, 9.17) is 4.74 Å². The van der Waals surface area contributed by atoms with E-state index < -0.39 is 0 Å². The standard InChI is InChI=1S/C16H22N4O2/c1-20(2)12-13-5-3-6-14(11-13)22-10-4-8-17-16-18-9-7-15(21)19-16/h3,5-7,9,11H,4,8,10,12H2,1-2H3,(H2,17,18,19,21). The summed E-state index contributed by atoms with van der Waals surface area (Å²) in [7, 11) is 4.09. The van der Waals surface area contributed by atoms with Gasteiger partial charge in [0.05, 0.1) is 6.61 Å². The Morgan fingerprint density at radius 2 is 2.18 bits per heavy atom. The van der Waals surface area contributed by atoms with Gasteiger partial charge in [0.15, 0.2) is 0 Å². The summed E-state index contributed by atoms with van der Waals surface area (Å²) < 4.78 is 5.74. The number of hydrogen-bond donors (Lipinski definition) is 2.